The summed E-state index contributed by atoms with van der Waals surface area (Å²) < 4.78 is 68.1. The second-order valence-corrected chi connectivity index (χ2v) is 10.1. The van der Waals surface area contributed by atoms with E-state index in [1.165, 1.54) is 48.4 Å². The highest BCUT2D eigenvalue weighted by molar-refractivity contribution is 6.02. The van der Waals surface area contributed by atoms with Gasteiger partial charge in [-0.15, -0.1) is 0 Å². The number of hydrogen-bond acceptors (Lipinski definition) is 3. The van der Waals surface area contributed by atoms with Gasteiger partial charge in [-0.1, -0.05) is 6.42 Å². The van der Waals surface area contributed by atoms with Crippen LogP contribution in [-0.4, -0.2) is 88.5 Å². The van der Waals surface area contributed by atoms with E-state index in [1.807, 2.05) is 0 Å². The van der Waals surface area contributed by atoms with Gasteiger partial charge in [0, 0.05) is 74.6 Å². The minimum Gasteiger partial charge on any atom is -0.337 e. The van der Waals surface area contributed by atoms with E-state index < -0.39 is 37.4 Å². The molecule has 2 aromatic rings. The fourth-order valence-corrected chi connectivity index (χ4v) is 5.35. The molecule has 2 saturated heterocycles. The molecular formula is C25H29F5N4O2. The largest absolute Gasteiger partial charge is 0.406 e. The minimum absolute atomic E-state index is 0.171. The quantitative estimate of drug-likeness (QED) is 0.572. The SMILES string of the molecule is O=C(c1ccc2c(c1)cc(C(=O)N1CCC(F)(F)CC1)n2CC(F)(F)F)N1CCN(C2CCC2)CC1. The molecular weight excluding hydrogens is 483 g/mol. The third-order valence-corrected chi connectivity index (χ3v) is 7.68. The number of piperidine rings is 1. The zero-order valence-electron chi connectivity index (χ0n) is 19.9. The Bertz CT molecular complexity index is 1140. The summed E-state index contributed by atoms with van der Waals surface area (Å²) in [5, 5.41) is 0.337. The standard InChI is InChI=1S/C25H29F5N4O2/c26-24(27)6-8-32(9-7-24)23(36)21-15-18-14-17(4-5-20(18)34(21)16-25(28,29)30)22(35)33-12-10-31(11-13-33)19-2-1-3-19/h4-5,14-15,19H,1-3,6-13,16H2. The summed E-state index contributed by atoms with van der Waals surface area (Å²) in [5.41, 5.74) is 0.302. The maximum absolute atomic E-state index is 13.5. The van der Waals surface area contributed by atoms with E-state index in [2.05, 4.69) is 4.90 Å². The van der Waals surface area contributed by atoms with Crippen LogP contribution < -0.4 is 0 Å². The molecule has 2 aliphatic heterocycles. The van der Waals surface area contributed by atoms with Crippen molar-refractivity contribution in [1.29, 1.82) is 0 Å². The van der Waals surface area contributed by atoms with Gasteiger partial charge in [-0.25, -0.2) is 8.78 Å². The molecule has 3 aliphatic rings. The highest BCUT2D eigenvalue weighted by atomic mass is 19.4. The number of rotatable bonds is 4. The first-order valence-corrected chi connectivity index (χ1v) is 12.4. The number of alkyl halides is 5. The van der Waals surface area contributed by atoms with Crippen LogP contribution in [-0.2, 0) is 6.54 Å². The average Bonchev–Trinajstić information content (AvgIpc) is 3.13. The molecule has 0 radical (unpaired) electrons. The van der Waals surface area contributed by atoms with Gasteiger partial charge in [0.1, 0.15) is 12.2 Å². The Kier molecular flexibility index (Phi) is 6.46. The smallest absolute Gasteiger partial charge is 0.337 e. The zero-order valence-corrected chi connectivity index (χ0v) is 19.9. The van der Waals surface area contributed by atoms with E-state index in [-0.39, 0.29) is 30.2 Å². The summed E-state index contributed by atoms with van der Waals surface area (Å²) in [4.78, 5) is 31.6. The number of hydrogen-bond donors (Lipinski definition) is 0. The number of nitrogens with zero attached hydrogens (tertiary/aromatic N) is 4. The van der Waals surface area contributed by atoms with Gasteiger partial charge in [0.05, 0.1) is 0 Å². The Labute approximate surface area is 205 Å². The molecule has 196 valence electrons. The molecule has 3 fully saturated rings. The summed E-state index contributed by atoms with van der Waals surface area (Å²) >= 11 is 0. The third kappa shape index (κ3) is 5.07. The van der Waals surface area contributed by atoms with Crippen LogP contribution in [0.3, 0.4) is 0 Å². The molecule has 36 heavy (non-hydrogen) atoms. The lowest BCUT2D eigenvalue weighted by Gasteiger charge is -2.42. The van der Waals surface area contributed by atoms with E-state index in [0.717, 1.165) is 17.7 Å². The summed E-state index contributed by atoms with van der Waals surface area (Å²) in [6.45, 7) is 0.934. The molecule has 1 aliphatic carbocycles. The van der Waals surface area contributed by atoms with Gasteiger partial charge >= 0.3 is 6.18 Å². The number of piperazine rings is 1. The topological polar surface area (TPSA) is 48.8 Å². The molecule has 1 saturated carbocycles. The third-order valence-electron chi connectivity index (χ3n) is 7.68. The van der Waals surface area contributed by atoms with E-state index >= 15 is 0 Å². The van der Waals surface area contributed by atoms with Crippen LogP contribution >= 0.6 is 0 Å². The van der Waals surface area contributed by atoms with Crippen LogP contribution in [0, 0.1) is 0 Å². The number of carbonyl (C=O) groups is 2. The summed E-state index contributed by atoms with van der Waals surface area (Å²) in [6.07, 6.45) is -2.01. The molecule has 5 rings (SSSR count). The maximum Gasteiger partial charge on any atom is 0.406 e. The Morgan fingerprint density at radius 1 is 0.889 bits per heavy atom. The van der Waals surface area contributed by atoms with Crippen LogP contribution in [0.25, 0.3) is 10.9 Å². The van der Waals surface area contributed by atoms with Crippen molar-refractivity contribution in [3.8, 4) is 0 Å². The Morgan fingerprint density at radius 3 is 2.11 bits per heavy atom. The van der Waals surface area contributed by atoms with Crippen molar-refractivity contribution >= 4 is 22.7 Å². The fourth-order valence-electron chi connectivity index (χ4n) is 5.35. The van der Waals surface area contributed by atoms with E-state index in [1.54, 1.807) is 4.90 Å². The molecule has 6 nitrogen and oxygen atoms in total. The van der Waals surface area contributed by atoms with Gasteiger partial charge in [0.15, 0.2) is 0 Å². The van der Waals surface area contributed by atoms with Crippen molar-refractivity contribution in [3.05, 3.63) is 35.5 Å². The van der Waals surface area contributed by atoms with E-state index in [0.29, 0.717) is 30.1 Å². The van der Waals surface area contributed by atoms with E-state index in [9.17, 15) is 31.5 Å². The highest BCUT2D eigenvalue weighted by Gasteiger charge is 2.38. The summed E-state index contributed by atoms with van der Waals surface area (Å²) in [7, 11) is 0. The first-order valence-electron chi connectivity index (χ1n) is 12.4. The molecule has 11 heteroatoms. The Hall–Kier alpha value is -2.69. The number of aromatic nitrogens is 1. The average molecular weight is 513 g/mol. The van der Waals surface area contributed by atoms with Gasteiger partial charge < -0.3 is 14.4 Å². The minimum atomic E-state index is -4.59. The molecule has 0 bridgehead atoms. The number of benzene rings is 1. The normalized spacial score (nSPS) is 21.6. The Balaban J connectivity index is 1.38. The molecule has 2 amide bonds. The molecule has 0 atom stereocenters. The van der Waals surface area contributed by atoms with Gasteiger partial charge in [-0.05, 0) is 37.1 Å². The first-order chi connectivity index (χ1) is 17.0. The number of amides is 2. The monoisotopic (exact) mass is 512 g/mol. The molecule has 1 aromatic heterocycles. The van der Waals surface area contributed by atoms with Crippen molar-refractivity contribution in [1.82, 2.24) is 19.3 Å². The molecule has 0 spiro atoms. The van der Waals surface area contributed by atoms with Gasteiger partial charge in [0.25, 0.3) is 17.7 Å². The van der Waals surface area contributed by atoms with Crippen LogP contribution in [0.5, 0.6) is 0 Å². The number of carbonyl (C=O) groups excluding carboxylic acids is 2. The van der Waals surface area contributed by atoms with Gasteiger partial charge in [-0.2, -0.15) is 13.2 Å². The number of likely N-dealkylation sites (tertiary alicyclic amines) is 1. The van der Waals surface area contributed by atoms with E-state index in [4.69, 9.17) is 0 Å². The second kappa shape index (κ2) is 9.32. The van der Waals surface area contributed by atoms with Crippen molar-refractivity contribution in [2.75, 3.05) is 39.3 Å². The lowest BCUT2D eigenvalue weighted by atomic mass is 9.91. The summed E-state index contributed by atoms with van der Waals surface area (Å²) in [6, 6.07) is 6.38. The predicted octanol–water partition coefficient (Wildman–Crippen LogP) is 4.39. The first kappa shape index (κ1) is 25.0. The summed E-state index contributed by atoms with van der Waals surface area (Å²) in [5.74, 6) is -3.79. The van der Waals surface area contributed by atoms with Crippen LogP contribution in [0.4, 0.5) is 22.0 Å². The molecule has 0 unspecified atom stereocenters. The molecule has 1 aromatic carbocycles. The van der Waals surface area contributed by atoms with Gasteiger partial charge in [0.2, 0.25) is 0 Å². The Morgan fingerprint density at radius 2 is 1.53 bits per heavy atom. The zero-order chi connectivity index (χ0) is 25.7. The van der Waals surface area contributed by atoms with Crippen LogP contribution in [0.1, 0.15) is 53.0 Å². The predicted molar refractivity (Wildman–Crippen MR) is 123 cm³/mol. The van der Waals surface area contributed by atoms with Crippen molar-refractivity contribution in [2.24, 2.45) is 0 Å². The van der Waals surface area contributed by atoms with Crippen LogP contribution in [0.15, 0.2) is 24.3 Å². The van der Waals surface area contributed by atoms with Crippen molar-refractivity contribution in [2.45, 2.75) is 56.8 Å². The van der Waals surface area contributed by atoms with Crippen molar-refractivity contribution in [3.63, 3.8) is 0 Å². The lowest BCUT2D eigenvalue weighted by molar-refractivity contribution is -0.140. The maximum atomic E-state index is 13.5. The lowest BCUT2D eigenvalue weighted by Crippen LogP contribution is -2.53. The highest BCUT2D eigenvalue weighted by Crippen LogP contribution is 2.31. The second-order valence-electron chi connectivity index (χ2n) is 10.1. The molecule has 0 N–H and O–H groups in total. The van der Waals surface area contributed by atoms with Crippen LogP contribution in [0.2, 0.25) is 0 Å². The van der Waals surface area contributed by atoms with Gasteiger partial charge in [-0.3, -0.25) is 14.5 Å². The fraction of sp³-hybridized carbons (Fsp3) is 0.600. The number of halogens is 5. The van der Waals surface area contributed by atoms with Crippen molar-refractivity contribution < 1.29 is 31.5 Å². The molecule has 3 heterocycles. The number of fused-ring (bicyclic) bond motifs is 1.